The monoisotopic (exact) mass is 423 g/mol. The van der Waals surface area contributed by atoms with E-state index in [1.54, 1.807) is 48.5 Å². The lowest BCUT2D eigenvalue weighted by Gasteiger charge is -2.22. The number of halogens is 1. The van der Waals surface area contributed by atoms with Gasteiger partial charge in [-0.2, -0.15) is 9.57 Å². The van der Waals surface area contributed by atoms with Crippen molar-refractivity contribution in [3.05, 3.63) is 95.8 Å². The first-order chi connectivity index (χ1) is 14.4. The van der Waals surface area contributed by atoms with Gasteiger partial charge in [0.25, 0.3) is 0 Å². The molecule has 0 unspecified atom stereocenters. The molecular weight excluding hydrogens is 405 g/mol. The number of carbonyl (C=O) groups is 1. The summed E-state index contributed by atoms with van der Waals surface area (Å²) in [5, 5.41) is 11.6. The molecule has 0 aromatic heterocycles. The summed E-state index contributed by atoms with van der Waals surface area (Å²) in [5.74, 6) is -1.50. The van der Waals surface area contributed by atoms with Crippen molar-refractivity contribution in [1.82, 2.24) is 4.31 Å². The number of amides is 1. The third-order valence-corrected chi connectivity index (χ3v) is 6.08. The maximum Gasteiger partial charge on any atom is 0.246 e. The van der Waals surface area contributed by atoms with Crippen molar-refractivity contribution in [2.24, 2.45) is 0 Å². The summed E-state index contributed by atoms with van der Waals surface area (Å²) in [6.07, 6.45) is 0. The molecular formula is C22H18FN3O3S. The molecule has 3 aromatic rings. The second-order valence-electron chi connectivity index (χ2n) is 6.43. The molecule has 0 heterocycles. The van der Waals surface area contributed by atoms with Crippen LogP contribution in [0.3, 0.4) is 0 Å². The lowest BCUT2D eigenvalue weighted by molar-refractivity contribution is -0.116. The summed E-state index contributed by atoms with van der Waals surface area (Å²) in [6.45, 7) is -0.633. The molecule has 3 rings (SSSR count). The number of sulfonamides is 1. The van der Waals surface area contributed by atoms with Crippen molar-refractivity contribution in [2.45, 2.75) is 11.4 Å². The van der Waals surface area contributed by atoms with Gasteiger partial charge in [-0.25, -0.2) is 12.8 Å². The molecule has 0 saturated heterocycles. The summed E-state index contributed by atoms with van der Waals surface area (Å²) in [4.78, 5) is 12.1. The van der Waals surface area contributed by atoms with Crippen LogP contribution in [0.15, 0.2) is 83.8 Å². The van der Waals surface area contributed by atoms with Gasteiger partial charge < -0.3 is 5.32 Å². The van der Waals surface area contributed by atoms with Gasteiger partial charge in [0.1, 0.15) is 10.7 Å². The Kier molecular flexibility index (Phi) is 6.57. The number of nitriles is 1. The fourth-order valence-electron chi connectivity index (χ4n) is 2.83. The molecule has 0 radical (unpaired) electrons. The van der Waals surface area contributed by atoms with Gasteiger partial charge >= 0.3 is 0 Å². The van der Waals surface area contributed by atoms with Crippen molar-refractivity contribution in [1.29, 1.82) is 5.26 Å². The van der Waals surface area contributed by atoms with E-state index in [-0.39, 0.29) is 6.54 Å². The maximum absolute atomic E-state index is 14.2. The second kappa shape index (κ2) is 9.31. The molecule has 0 fully saturated rings. The van der Waals surface area contributed by atoms with Gasteiger partial charge in [0.2, 0.25) is 15.9 Å². The summed E-state index contributed by atoms with van der Waals surface area (Å²) in [7, 11) is -4.28. The highest BCUT2D eigenvalue weighted by Crippen LogP contribution is 2.21. The van der Waals surface area contributed by atoms with Crippen molar-refractivity contribution < 1.29 is 17.6 Å². The molecule has 30 heavy (non-hydrogen) atoms. The summed E-state index contributed by atoms with van der Waals surface area (Å²) < 4.78 is 41.4. The van der Waals surface area contributed by atoms with Crippen LogP contribution in [0.5, 0.6) is 0 Å². The highest BCUT2D eigenvalue weighted by molar-refractivity contribution is 7.89. The molecule has 1 amide bonds. The fraction of sp³-hybridized carbons (Fsp3) is 0.0909. The molecule has 1 N–H and O–H groups in total. The van der Waals surface area contributed by atoms with Gasteiger partial charge in [-0.15, -0.1) is 0 Å². The van der Waals surface area contributed by atoms with Crippen LogP contribution in [0.2, 0.25) is 0 Å². The molecule has 3 aromatic carbocycles. The average molecular weight is 423 g/mol. The van der Waals surface area contributed by atoms with Crippen LogP contribution in [0.1, 0.15) is 11.1 Å². The zero-order valence-electron chi connectivity index (χ0n) is 15.8. The first kappa shape index (κ1) is 21.2. The third kappa shape index (κ3) is 5.08. The number of hydrogen-bond donors (Lipinski definition) is 1. The van der Waals surface area contributed by atoms with Crippen LogP contribution >= 0.6 is 0 Å². The molecule has 6 nitrogen and oxygen atoms in total. The molecule has 0 aliphatic heterocycles. The fourth-order valence-corrected chi connectivity index (χ4v) is 4.28. The van der Waals surface area contributed by atoms with Gasteiger partial charge in [-0.1, -0.05) is 48.5 Å². The molecule has 0 bridgehead atoms. The van der Waals surface area contributed by atoms with Crippen molar-refractivity contribution in [2.75, 3.05) is 11.9 Å². The van der Waals surface area contributed by atoms with E-state index in [0.29, 0.717) is 16.8 Å². The Morgan fingerprint density at radius 3 is 2.40 bits per heavy atom. The number of benzene rings is 3. The minimum atomic E-state index is -4.28. The number of nitrogens with one attached hydrogen (secondary N) is 1. The SMILES string of the molecule is N#Cc1cccc(NC(=O)CN(Cc2ccccc2)S(=O)(=O)c2ccccc2F)c1. The minimum Gasteiger partial charge on any atom is -0.325 e. The van der Waals surface area contributed by atoms with E-state index in [4.69, 9.17) is 5.26 Å². The number of rotatable bonds is 7. The Bertz CT molecular complexity index is 1190. The molecule has 0 spiro atoms. The third-order valence-electron chi connectivity index (χ3n) is 4.25. The van der Waals surface area contributed by atoms with Crippen molar-refractivity contribution in [3.8, 4) is 6.07 Å². The summed E-state index contributed by atoms with van der Waals surface area (Å²) in [6, 6.07) is 22.0. The number of hydrogen-bond acceptors (Lipinski definition) is 4. The number of nitrogens with zero attached hydrogens (tertiary/aromatic N) is 2. The first-order valence-corrected chi connectivity index (χ1v) is 10.4. The zero-order chi connectivity index (χ0) is 21.6. The van der Waals surface area contributed by atoms with Crippen molar-refractivity contribution in [3.63, 3.8) is 0 Å². The average Bonchev–Trinajstić information content (AvgIpc) is 2.74. The molecule has 0 saturated carbocycles. The maximum atomic E-state index is 14.2. The van der Waals surface area contributed by atoms with Crippen LogP contribution in [0.25, 0.3) is 0 Å². The normalized spacial score (nSPS) is 11.1. The Morgan fingerprint density at radius 2 is 1.70 bits per heavy atom. The van der Waals surface area contributed by atoms with Gasteiger partial charge in [0.05, 0.1) is 18.2 Å². The Hall–Kier alpha value is -3.54. The van der Waals surface area contributed by atoms with Crippen LogP contribution < -0.4 is 5.32 Å². The number of anilines is 1. The van der Waals surface area contributed by atoms with Gasteiger partial charge in [-0.05, 0) is 35.9 Å². The van der Waals surface area contributed by atoms with E-state index < -0.39 is 33.2 Å². The Labute approximate surface area is 174 Å². The zero-order valence-corrected chi connectivity index (χ0v) is 16.6. The predicted molar refractivity (Wildman–Crippen MR) is 110 cm³/mol. The topological polar surface area (TPSA) is 90.3 Å². The van der Waals surface area contributed by atoms with E-state index in [0.717, 1.165) is 16.4 Å². The van der Waals surface area contributed by atoms with E-state index in [9.17, 15) is 17.6 Å². The molecule has 0 aliphatic rings. The second-order valence-corrected chi connectivity index (χ2v) is 8.34. The van der Waals surface area contributed by atoms with E-state index in [2.05, 4.69) is 5.32 Å². The first-order valence-electron chi connectivity index (χ1n) is 8.99. The largest absolute Gasteiger partial charge is 0.325 e. The highest BCUT2D eigenvalue weighted by atomic mass is 32.2. The Balaban J connectivity index is 1.88. The van der Waals surface area contributed by atoms with Crippen LogP contribution in [-0.4, -0.2) is 25.2 Å². The molecule has 8 heteroatoms. The standard InChI is InChI=1S/C22H18FN3O3S/c23-20-11-4-5-12-21(20)30(28,29)26(15-17-7-2-1-3-8-17)16-22(27)25-19-10-6-9-18(13-19)14-24/h1-13H,15-16H2,(H,25,27). The smallest absolute Gasteiger partial charge is 0.246 e. The van der Waals surface area contributed by atoms with E-state index >= 15 is 0 Å². The summed E-state index contributed by atoms with van der Waals surface area (Å²) in [5.41, 5.74) is 1.37. The van der Waals surface area contributed by atoms with Crippen LogP contribution in [0.4, 0.5) is 10.1 Å². The quantitative estimate of drug-likeness (QED) is 0.630. The van der Waals surface area contributed by atoms with E-state index in [1.807, 2.05) is 6.07 Å². The predicted octanol–water partition coefficient (Wildman–Crippen LogP) is 3.53. The van der Waals surface area contributed by atoms with Gasteiger partial charge in [0.15, 0.2) is 0 Å². The number of carbonyl (C=O) groups excluding carboxylic acids is 1. The van der Waals surface area contributed by atoms with E-state index in [1.165, 1.54) is 18.2 Å². The molecule has 0 atom stereocenters. The lowest BCUT2D eigenvalue weighted by atomic mass is 10.2. The lowest BCUT2D eigenvalue weighted by Crippen LogP contribution is -2.38. The molecule has 152 valence electrons. The van der Waals surface area contributed by atoms with Gasteiger partial charge in [-0.3, -0.25) is 4.79 Å². The highest BCUT2D eigenvalue weighted by Gasteiger charge is 2.29. The Morgan fingerprint density at radius 1 is 1.00 bits per heavy atom. The summed E-state index contributed by atoms with van der Waals surface area (Å²) >= 11 is 0. The van der Waals surface area contributed by atoms with Gasteiger partial charge in [0, 0.05) is 12.2 Å². The van der Waals surface area contributed by atoms with Crippen LogP contribution in [0, 0.1) is 17.1 Å². The van der Waals surface area contributed by atoms with Crippen LogP contribution in [-0.2, 0) is 21.4 Å². The minimum absolute atomic E-state index is 0.108. The molecule has 0 aliphatic carbocycles. The van der Waals surface area contributed by atoms with Crippen molar-refractivity contribution >= 4 is 21.6 Å².